The molecule has 1 atom stereocenters. The molecule has 1 aliphatic rings. The number of hydrogen-bond acceptors (Lipinski definition) is 5. The first-order valence-electron chi connectivity index (χ1n) is 11.0. The number of ether oxygens (including phenoxy) is 1. The average molecular weight is 487 g/mol. The van der Waals surface area contributed by atoms with Crippen LogP contribution in [0.5, 0.6) is 5.75 Å². The first kappa shape index (κ1) is 23.4. The minimum Gasteiger partial charge on any atom is -0.495 e. The molecule has 6 nitrogen and oxygen atoms in total. The predicted octanol–water partition coefficient (Wildman–Crippen LogP) is 5.69. The van der Waals surface area contributed by atoms with Crippen LogP contribution in [0.4, 0.5) is 5.69 Å². The lowest BCUT2D eigenvalue weighted by Crippen LogP contribution is -2.46. The molecule has 0 radical (unpaired) electrons. The van der Waals surface area contributed by atoms with Gasteiger partial charge in [0, 0.05) is 15.9 Å². The summed E-state index contributed by atoms with van der Waals surface area (Å²) in [7, 11) is 1.53. The molecule has 2 aromatic heterocycles. The smallest absolute Gasteiger partial charge is 0.251 e. The van der Waals surface area contributed by atoms with Crippen LogP contribution in [-0.2, 0) is 16.0 Å². The summed E-state index contributed by atoms with van der Waals surface area (Å²) in [5.41, 5.74) is 0.423. The van der Waals surface area contributed by atoms with E-state index in [-0.39, 0.29) is 24.3 Å². The fourth-order valence-electron chi connectivity index (χ4n) is 4.24. The van der Waals surface area contributed by atoms with Crippen LogP contribution in [0.2, 0.25) is 5.02 Å². The molecule has 2 amide bonds. The van der Waals surface area contributed by atoms with Crippen LogP contribution in [-0.4, -0.2) is 25.0 Å². The van der Waals surface area contributed by atoms with Crippen molar-refractivity contribution in [2.24, 2.45) is 0 Å². The molecule has 33 heavy (non-hydrogen) atoms. The van der Waals surface area contributed by atoms with Crippen molar-refractivity contribution >= 4 is 40.4 Å². The summed E-state index contributed by atoms with van der Waals surface area (Å²) >= 11 is 7.82. The number of furan rings is 1. The number of methoxy groups -OCH3 is 1. The Kier molecular flexibility index (Phi) is 7.40. The zero-order chi connectivity index (χ0) is 23.4. The minimum atomic E-state index is -1.00. The third kappa shape index (κ3) is 5.42. The van der Waals surface area contributed by atoms with E-state index in [1.54, 1.807) is 30.3 Å². The monoisotopic (exact) mass is 486 g/mol. The Balaban J connectivity index is 1.80. The van der Waals surface area contributed by atoms with Crippen molar-refractivity contribution in [1.29, 1.82) is 0 Å². The minimum absolute atomic E-state index is 0.0894. The number of carbonyl (C=O) groups is 2. The number of amides is 2. The largest absolute Gasteiger partial charge is 0.495 e. The van der Waals surface area contributed by atoms with E-state index in [0.29, 0.717) is 28.0 Å². The lowest BCUT2D eigenvalue weighted by atomic mass is 10.1. The lowest BCUT2D eigenvalue weighted by Gasteiger charge is -2.32. The van der Waals surface area contributed by atoms with E-state index in [1.165, 1.54) is 23.3 Å². The van der Waals surface area contributed by atoms with Crippen molar-refractivity contribution in [3.8, 4) is 5.75 Å². The van der Waals surface area contributed by atoms with E-state index in [2.05, 4.69) is 5.32 Å². The quantitative estimate of drug-likeness (QED) is 0.444. The fraction of sp³-hybridized carbons (Fsp3) is 0.360. The molecule has 3 aromatic rings. The molecule has 1 saturated carbocycles. The molecule has 174 valence electrons. The fourth-order valence-corrected chi connectivity index (χ4v) is 5.10. The molecule has 0 aliphatic heterocycles. The van der Waals surface area contributed by atoms with Gasteiger partial charge in [0.25, 0.3) is 5.91 Å². The molecular formula is C25H27ClN2O4S. The van der Waals surface area contributed by atoms with Crippen LogP contribution in [0.15, 0.2) is 52.3 Å². The summed E-state index contributed by atoms with van der Waals surface area (Å²) in [6.45, 7) is 1.81. The second kappa shape index (κ2) is 10.4. The maximum Gasteiger partial charge on any atom is 0.251 e. The Bertz CT molecular complexity index is 1110. The Morgan fingerprint density at radius 1 is 1.24 bits per heavy atom. The third-order valence-corrected chi connectivity index (χ3v) is 6.92. The molecule has 8 heteroatoms. The predicted molar refractivity (Wildman–Crippen MR) is 130 cm³/mol. The second-order valence-corrected chi connectivity index (χ2v) is 9.65. The summed E-state index contributed by atoms with van der Waals surface area (Å²) in [4.78, 5) is 29.8. The highest BCUT2D eigenvalue weighted by Gasteiger charge is 2.37. The molecule has 4 rings (SSSR count). The van der Waals surface area contributed by atoms with Gasteiger partial charge in [-0.15, -0.1) is 11.3 Å². The van der Waals surface area contributed by atoms with E-state index < -0.39 is 6.04 Å². The SMILES string of the molecule is COc1ccc(Cl)cc1N(C(=O)Cc1cccs1)[C@H](C(=O)NC1CCCC1)c1ccc(C)o1. The molecule has 1 N–H and O–H groups in total. The van der Waals surface area contributed by atoms with Crippen LogP contribution in [0, 0.1) is 6.92 Å². The van der Waals surface area contributed by atoms with Gasteiger partial charge in [0.05, 0.1) is 19.2 Å². The first-order valence-corrected chi connectivity index (χ1v) is 12.3. The molecule has 0 bridgehead atoms. The summed E-state index contributed by atoms with van der Waals surface area (Å²) in [5.74, 6) is 0.967. The zero-order valence-corrected chi connectivity index (χ0v) is 20.2. The highest BCUT2D eigenvalue weighted by molar-refractivity contribution is 7.10. The van der Waals surface area contributed by atoms with E-state index >= 15 is 0 Å². The number of rotatable bonds is 8. The van der Waals surface area contributed by atoms with Gasteiger partial charge in [-0.2, -0.15) is 0 Å². The Labute approximate surface area is 202 Å². The maximum absolute atomic E-state index is 13.8. The molecular weight excluding hydrogens is 460 g/mol. The normalized spacial score (nSPS) is 14.8. The molecule has 0 unspecified atom stereocenters. The topological polar surface area (TPSA) is 71.8 Å². The number of nitrogens with zero attached hydrogens (tertiary/aromatic N) is 1. The van der Waals surface area contributed by atoms with Gasteiger partial charge < -0.3 is 14.5 Å². The Hall–Kier alpha value is -2.77. The van der Waals surface area contributed by atoms with Crippen molar-refractivity contribution in [2.75, 3.05) is 12.0 Å². The number of benzene rings is 1. The van der Waals surface area contributed by atoms with Crippen LogP contribution in [0.25, 0.3) is 0 Å². The van der Waals surface area contributed by atoms with Gasteiger partial charge >= 0.3 is 0 Å². The van der Waals surface area contributed by atoms with E-state index in [1.807, 2.05) is 24.4 Å². The van der Waals surface area contributed by atoms with Crippen molar-refractivity contribution in [3.63, 3.8) is 0 Å². The van der Waals surface area contributed by atoms with Crippen LogP contribution in [0.3, 0.4) is 0 Å². The van der Waals surface area contributed by atoms with Crippen molar-refractivity contribution in [3.05, 3.63) is 69.3 Å². The van der Waals surface area contributed by atoms with Gasteiger partial charge in [0.2, 0.25) is 5.91 Å². The standard InChI is InChI=1S/C25H27ClN2O4S/c1-16-9-11-22(32-16)24(25(30)27-18-6-3-4-7-18)28(23(29)15-19-8-5-13-33-19)20-14-17(26)10-12-21(20)31-2/h5,8-14,18,24H,3-4,6-7,15H2,1-2H3,(H,27,30)/t24-/m0/s1. The number of anilines is 1. The van der Waals surface area contributed by atoms with Gasteiger partial charge in [-0.3, -0.25) is 14.5 Å². The lowest BCUT2D eigenvalue weighted by molar-refractivity contribution is -0.127. The molecule has 1 aromatic carbocycles. The van der Waals surface area contributed by atoms with Crippen molar-refractivity contribution < 1.29 is 18.7 Å². The highest BCUT2D eigenvalue weighted by atomic mass is 35.5. The zero-order valence-electron chi connectivity index (χ0n) is 18.7. The molecule has 1 aliphatic carbocycles. The van der Waals surface area contributed by atoms with Gasteiger partial charge in [0.15, 0.2) is 6.04 Å². The van der Waals surface area contributed by atoms with Crippen molar-refractivity contribution in [2.45, 2.75) is 51.1 Å². The Morgan fingerprint density at radius 2 is 2.03 bits per heavy atom. The first-order chi connectivity index (χ1) is 16.0. The summed E-state index contributed by atoms with van der Waals surface area (Å²) in [5, 5.41) is 5.50. The molecule has 2 heterocycles. The number of thiophene rings is 1. The van der Waals surface area contributed by atoms with Crippen LogP contribution in [0.1, 0.15) is 48.1 Å². The van der Waals surface area contributed by atoms with Gasteiger partial charge in [-0.05, 0) is 61.5 Å². The van der Waals surface area contributed by atoms with E-state index in [0.717, 1.165) is 30.6 Å². The van der Waals surface area contributed by atoms with E-state index in [4.69, 9.17) is 20.8 Å². The summed E-state index contributed by atoms with van der Waals surface area (Å²) < 4.78 is 11.5. The average Bonchev–Trinajstić information content (AvgIpc) is 3.56. The maximum atomic E-state index is 13.8. The Morgan fingerprint density at radius 3 is 2.67 bits per heavy atom. The number of carbonyl (C=O) groups excluding carboxylic acids is 2. The van der Waals surface area contributed by atoms with Gasteiger partial charge in [-0.1, -0.05) is 30.5 Å². The number of halogens is 1. The number of nitrogens with one attached hydrogen (secondary N) is 1. The number of aryl methyl sites for hydroxylation is 1. The summed E-state index contributed by atoms with van der Waals surface area (Å²) in [6.07, 6.45) is 4.16. The van der Waals surface area contributed by atoms with Crippen LogP contribution >= 0.6 is 22.9 Å². The van der Waals surface area contributed by atoms with E-state index in [9.17, 15) is 9.59 Å². The third-order valence-electron chi connectivity index (χ3n) is 5.81. The van der Waals surface area contributed by atoms with Gasteiger partial charge in [-0.25, -0.2) is 0 Å². The second-order valence-electron chi connectivity index (χ2n) is 8.18. The van der Waals surface area contributed by atoms with Crippen molar-refractivity contribution in [1.82, 2.24) is 5.32 Å². The van der Waals surface area contributed by atoms with Gasteiger partial charge in [0.1, 0.15) is 17.3 Å². The molecule has 0 saturated heterocycles. The number of hydrogen-bond donors (Lipinski definition) is 1. The highest BCUT2D eigenvalue weighted by Crippen LogP contribution is 2.38. The molecule has 0 spiro atoms. The van der Waals surface area contributed by atoms with Crippen LogP contribution < -0.4 is 15.0 Å². The summed E-state index contributed by atoms with van der Waals surface area (Å²) in [6, 6.07) is 11.5. The molecule has 1 fully saturated rings.